The molecule has 0 radical (unpaired) electrons. The van der Waals surface area contributed by atoms with Gasteiger partial charge in [-0.3, -0.25) is 20.2 Å². The van der Waals surface area contributed by atoms with E-state index in [9.17, 15) is 19.5 Å². The van der Waals surface area contributed by atoms with Crippen molar-refractivity contribution < 1.29 is 19.5 Å². The first-order chi connectivity index (χ1) is 17.4. The van der Waals surface area contributed by atoms with Gasteiger partial charge >= 0.3 is 11.8 Å². The van der Waals surface area contributed by atoms with Gasteiger partial charge in [-0.25, -0.2) is 19.9 Å². The van der Waals surface area contributed by atoms with Crippen molar-refractivity contribution in [1.29, 1.82) is 0 Å². The molecule has 4 amide bonds. The summed E-state index contributed by atoms with van der Waals surface area (Å²) in [5, 5.41) is 22.3. The summed E-state index contributed by atoms with van der Waals surface area (Å²) >= 11 is 0. The van der Waals surface area contributed by atoms with Gasteiger partial charge < -0.3 is 10.0 Å². The SMILES string of the molecule is Cc1cc(/N=C2/C3NNNN3C3CCCCC3N2C2(O)C(=O)NC(=O)NC2=O)n(-c2ccccc2)n1. The zero-order valence-corrected chi connectivity index (χ0v) is 19.4. The number of fused-ring (bicyclic) bond motifs is 3. The first kappa shape index (κ1) is 22.8. The number of aryl methyl sites for hydroxylation is 1. The number of imide groups is 2. The number of urea groups is 1. The summed E-state index contributed by atoms with van der Waals surface area (Å²) in [5.74, 6) is -1.57. The van der Waals surface area contributed by atoms with Crippen LogP contribution in [-0.4, -0.2) is 72.5 Å². The van der Waals surface area contributed by atoms with Crippen LogP contribution in [-0.2, 0) is 9.59 Å². The highest BCUT2D eigenvalue weighted by Gasteiger charge is 2.62. The molecule has 2 aromatic rings. The molecule has 4 aliphatic rings. The molecule has 3 aliphatic heterocycles. The molecule has 4 fully saturated rings. The van der Waals surface area contributed by atoms with Gasteiger partial charge in [0.05, 0.1) is 17.4 Å². The molecule has 3 saturated heterocycles. The number of carbonyl (C=O) groups excluding carboxylic acids is 3. The Bertz CT molecular complexity index is 1240. The van der Waals surface area contributed by atoms with Gasteiger partial charge in [0, 0.05) is 12.1 Å². The molecule has 0 spiro atoms. The second-order valence-corrected chi connectivity index (χ2v) is 9.25. The predicted molar refractivity (Wildman–Crippen MR) is 125 cm³/mol. The summed E-state index contributed by atoms with van der Waals surface area (Å²) in [4.78, 5) is 44.2. The summed E-state index contributed by atoms with van der Waals surface area (Å²) in [7, 11) is 0. The molecule has 3 unspecified atom stereocenters. The first-order valence-electron chi connectivity index (χ1n) is 11.8. The number of barbiturate groups is 1. The van der Waals surface area contributed by atoms with E-state index in [1.165, 1.54) is 4.90 Å². The van der Waals surface area contributed by atoms with E-state index in [4.69, 9.17) is 4.99 Å². The van der Waals surface area contributed by atoms with Gasteiger partial charge in [0.25, 0.3) is 11.8 Å². The second kappa shape index (κ2) is 8.46. The quantitative estimate of drug-likeness (QED) is 0.293. The van der Waals surface area contributed by atoms with E-state index in [2.05, 4.69) is 21.6 Å². The Labute approximate surface area is 205 Å². The summed E-state index contributed by atoms with van der Waals surface area (Å²) in [6.07, 6.45) is 2.50. The third kappa shape index (κ3) is 3.42. The molecule has 188 valence electrons. The summed E-state index contributed by atoms with van der Waals surface area (Å²) in [6, 6.07) is 9.62. The van der Waals surface area contributed by atoms with E-state index in [-0.39, 0.29) is 11.9 Å². The number of nitrogens with one attached hydrogen (secondary N) is 5. The number of hydrogen-bond donors (Lipinski definition) is 6. The lowest BCUT2D eigenvalue weighted by atomic mass is 9.84. The molecular formula is C22H26N10O4. The van der Waals surface area contributed by atoms with Gasteiger partial charge in [-0.2, -0.15) is 21.2 Å². The fourth-order valence-corrected chi connectivity index (χ4v) is 5.48. The van der Waals surface area contributed by atoms with Crippen molar-refractivity contribution in [2.75, 3.05) is 0 Å². The smallest absolute Gasteiger partial charge is 0.328 e. The zero-order valence-electron chi connectivity index (χ0n) is 19.4. The maximum atomic E-state index is 13.1. The van der Waals surface area contributed by atoms with Gasteiger partial charge in [-0.1, -0.05) is 31.0 Å². The van der Waals surface area contributed by atoms with E-state index in [1.54, 1.807) is 10.7 Å². The van der Waals surface area contributed by atoms with Gasteiger partial charge in [0.15, 0.2) is 5.82 Å². The highest BCUT2D eigenvalue weighted by atomic mass is 16.3. The standard InChI is InChI=1S/C22H26N10O4/c1-12-11-16(31(27-12)13-7-3-2-4-8-13)23-17-18-26-28-29-32(18)15-10-6-5-9-14(15)30(17)22(36)19(33)24-21(35)25-20(22)34/h2-4,7-8,11,14-15,18,26,28-29,36H,5-6,9-10H2,1H3,(H2,24,25,33,34,35)/b23-17-. The molecule has 1 aliphatic carbocycles. The van der Waals surface area contributed by atoms with Crippen molar-refractivity contribution in [3.63, 3.8) is 0 Å². The number of amides is 4. The number of piperazine rings is 1. The lowest BCUT2D eigenvalue weighted by molar-refractivity contribution is -0.179. The fraction of sp³-hybridized carbons (Fsp3) is 0.409. The molecule has 3 atom stereocenters. The average molecular weight is 495 g/mol. The number of aromatic nitrogens is 2. The maximum absolute atomic E-state index is 13.1. The number of hydrogen-bond acceptors (Lipinski definition) is 10. The summed E-state index contributed by atoms with van der Waals surface area (Å²) < 4.78 is 1.65. The molecule has 1 aromatic carbocycles. The third-order valence-electron chi connectivity index (χ3n) is 7.02. The van der Waals surface area contributed by atoms with E-state index < -0.39 is 35.8 Å². The van der Waals surface area contributed by atoms with Crippen LogP contribution in [0.15, 0.2) is 41.4 Å². The minimum atomic E-state index is -2.68. The molecule has 0 bridgehead atoms. The second-order valence-electron chi connectivity index (χ2n) is 9.25. The van der Waals surface area contributed by atoms with Crippen LogP contribution in [0, 0.1) is 6.92 Å². The van der Waals surface area contributed by atoms with Crippen LogP contribution < -0.4 is 27.1 Å². The molecule has 4 heterocycles. The van der Waals surface area contributed by atoms with Crippen LogP contribution >= 0.6 is 0 Å². The largest absolute Gasteiger partial charge is 0.356 e. The van der Waals surface area contributed by atoms with Gasteiger partial charge in [0.1, 0.15) is 12.0 Å². The zero-order chi connectivity index (χ0) is 25.0. The molecule has 1 saturated carbocycles. The normalized spacial score (nSPS) is 29.1. The third-order valence-corrected chi connectivity index (χ3v) is 7.02. The van der Waals surface area contributed by atoms with Crippen LogP contribution in [0.1, 0.15) is 31.4 Å². The molecule has 6 N–H and O–H groups in total. The lowest BCUT2D eigenvalue weighted by Crippen LogP contribution is -2.81. The van der Waals surface area contributed by atoms with Crippen molar-refractivity contribution >= 4 is 29.5 Å². The Morgan fingerprint density at radius 2 is 1.75 bits per heavy atom. The average Bonchev–Trinajstić information content (AvgIpc) is 3.50. The van der Waals surface area contributed by atoms with Crippen molar-refractivity contribution in [2.45, 2.75) is 56.6 Å². The van der Waals surface area contributed by atoms with Crippen molar-refractivity contribution in [2.24, 2.45) is 4.99 Å². The number of benzene rings is 1. The number of rotatable bonds is 3. The number of aliphatic hydroxyl groups is 1. The number of nitrogens with zero attached hydrogens (tertiary/aromatic N) is 5. The number of hydrazine groups is 3. The highest BCUT2D eigenvalue weighted by Crippen LogP contribution is 2.38. The monoisotopic (exact) mass is 494 g/mol. The number of carbonyl (C=O) groups is 3. The fourth-order valence-electron chi connectivity index (χ4n) is 5.48. The Morgan fingerprint density at radius 3 is 2.47 bits per heavy atom. The number of amidine groups is 1. The van der Waals surface area contributed by atoms with Crippen LogP contribution in [0.5, 0.6) is 0 Å². The van der Waals surface area contributed by atoms with E-state index in [1.807, 2.05) is 52.9 Å². The Kier molecular flexibility index (Phi) is 5.35. The minimum Gasteiger partial charge on any atom is -0.356 e. The van der Waals surface area contributed by atoms with Crippen LogP contribution in [0.4, 0.5) is 10.6 Å². The van der Waals surface area contributed by atoms with E-state index in [0.29, 0.717) is 17.9 Å². The van der Waals surface area contributed by atoms with Gasteiger partial charge in [-0.15, -0.1) is 0 Å². The van der Waals surface area contributed by atoms with Gasteiger partial charge in [0.2, 0.25) is 0 Å². The lowest BCUT2D eigenvalue weighted by Gasteiger charge is -2.55. The van der Waals surface area contributed by atoms with Crippen LogP contribution in [0.3, 0.4) is 0 Å². The van der Waals surface area contributed by atoms with Gasteiger partial charge in [-0.05, 0) is 31.9 Å². The van der Waals surface area contributed by atoms with Crippen molar-refractivity contribution in [3.05, 3.63) is 42.1 Å². The molecule has 6 rings (SSSR count). The number of para-hydroxylation sites is 1. The minimum absolute atomic E-state index is 0.159. The van der Waals surface area contributed by atoms with Crippen LogP contribution in [0.25, 0.3) is 5.69 Å². The molecule has 14 nitrogen and oxygen atoms in total. The Balaban J connectivity index is 1.54. The first-order valence-corrected chi connectivity index (χ1v) is 11.8. The van der Waals surface area contributed by atoms with Crippen molar-refractivity contribution in [3.8, 4) is 5.69 Å². The highest BCUT2D eigenvalue weighted by molar-refractivity contribution is 6.22. The molecule has 36 heavy (non-hydrogen) atoms. The Morgan fingerprint density at radius 1 is 1.06 bits per heavy atom. The van der Waals surface area contributed by atoms with E-state index in [0.717, 1.165) is 24.9 Å². The summed E-state index contributed by atoms with van der Waals surface area (Å²) in [6.45, 7) is 1.84. The molecular weight excluding hydrogens is 468 g/mol. The maximum Gasteiger partial charge on any atom is 0.328 e. The Hall–Kier alpha value is -3.69. The molecule has 14 heteroatoms. The summed E-state index contributed by atoms with van der Waals surface area (Å²) in [5.41, 5.74) is 7.85. The topological polar surface area (TPSA) is 168 Å². The van der Waals surface area contributed by atoms with Crippen molar-refractivity contribution in [1.82, 2.24) is 46.8 Å². The van der Waals surface area contributed by atoms with Crippen LogP contribution in [0.2, 0.25) is 0 Å². The predicted octanol–water partition coefficient (Wildman–Crippen LogP) is -0.952. The molecule has 1 aromatic heterocycles. The number of aliphatic imine (C=N–C) groups is 1. The van der Waals surface area contributed by atoms with E-state index >= 15 is 0 Å².